The molecule has 168 valence electrons. The number of halogens is 2. The Labute approximate surface area is 195 Å². The number of fused-ring (bicyclic) bond motifs is 2. The Hall–Kier alpha value is -3.19. The number of hydrogen-bond donors (Lipinski definition) is 0. The second-order valence-corrected chi connectivity index (χ2v) is 9.75. The van der Waals surface area contributed by atoms with Gasteiger partial charge < -0.3 is 9.80 Å². The summed E-state index contributed by atoms with van der Waals surface area (Å²) in [6.45, 7) is 4.27. The van der Waals surface area contributed by atoms with E-state index >= 15 is 0 Å². The van der Waals surface area contributed by atoms with E-state index in [2.05, 4.69) is 0 Å². The van der Waals surface area contributed by atoms with Crippen LogP contribution in [0.5, 0.6) is 0 Å². The second kappa shape index (κ2) is 7.99. The first-order valence-electron chi connectivity index (χ1n) is 10.7. The maximum absolute atomic E-state index is 14.5. The molecule has 5 rings (SSSR count). The van der Waals surface area contributed by atoms with Crippen molar-refractivity contribution in [2.75, 3.05) is 17.2 Å². The molecular weight excluding hydrogens is 442 g/mol. The first kappa shape index (κ1) is 21.6. The van der Waals surface area contributed by atoms with Crippen molar-refractivity contribution in [3.05, 3.63) is 100 Å². The largest absolute Gasteiger partial charge is 0.311 e. The molecule has 1 fully saturated rings. The van der Waals surface area contributed by atoms with Crippen molar-refractivity contribution in [1.82, 2.24) is 4.90 Å². The summed E-state index contributed by atoms with van der Waals surface area (Å²) in [5.41, 5.74) is 4.12. The summed E-state index contributed by atoms with van der Waals surface area (Å²) in [7, 11) is 0. The van der Waals surface area contributed by atoms with Gasteiger partial charge in [0, 0.05) is 35.1 Å². The number of aryl methyl sites for hydroxylation is 2. The van der Waals surface area contributed by atoms with Crippen LogP contribution in [-0.2, 0) is 16.2 Å². The summed E-state index contributed by atoms with van der Waals surface area (Å²) >= 11 is 1.43. The number of rotatable bonds is 3. The van der Waals surface area contributed by atoms with Gasteiger partial charge in [-0.15, -0.1) is 11.8 Å². The highest BCUT2D eigenvalue weighted by Crippen LogP contribution is 2.55. The smallest absolute Gasteiger partial charge is 0.268 e. The predicted molar refractivity (Wildman–Crippen MR) is 125 cm³/mol. The Morgan fingerprint density at radius 3 is 2.45 bits per heavy atom. The molecule has 1 saturated heterocycles. The average molecular weight is 465 g/mol. The lowest BCUT2D eigenvalue weighted by molar-refractivity contribution is -0.123. The summed E-state index contributed by atoms with van der Waals surface area (Å²) < 4.78 is 27.9. The molecule has 0 aliphatic carbocycles. The number of carbonyl (C=O) groups is 2. The van der Waals surface area contributed by atoms with Crippen LogP contribution in [0.1, 0.15) is 32.6 Å². The van der Waals surface area contributed by atoms with Crippen molar-refractivity contribution < 1.29 is 18.4 Å². The van der Waals surface area contributed by atoms with Gasteiger partial charge in [-0.05, 0) is 38.1 Å². The lowest BCUT2D eigenvalue weighted by atomic mass is 10.0. The third-order valence-corrected chi connectivity index (χ3v) is 7.66. The van der Waals surface area contributed by atoms with Gasteiger partial charge in [0.2, 0.25) is 0 Å². The summed E-state index contributed by atoms with van der Waals surface area (Å²) in [5, 5.41) is 0. The Balaban J connectivity index is 1.60. The Morgan fingerprint density at radius 1 is 1.00 bits per heavy atom. The van der Waals surface area contributed by atoms with Crippen molar-refractivity contribution in [2.45, 2.75) is 25.3 Å². The summed E-state index contributed by atoms with van der Waals surface area (Å²) in [6.07, 6.45) is 0. The van der Waals surface area contributed by atoms with E-state index in [9.17, 15) is 18.4 Å². The molecule has 7 heteroatoms. The number of thioether (sulfide) groups is 1. The fourth-order valence-electron chi connectivity index (χ4n) is 4.56. The van der Waals surface area contributed by atoms with Crippen LogP contribution in [0.15, 0.2) is 60.7 Å². The van der Waals surface area contributed by atoms with Crippen LogP contribution in [0.25, 0.3) is 0 Å². The molecule has 2 aliphatic heterocycles. The van der Waals surface area contributed by atoms with Gasteiger partial charge in [-0.25, -0.2) is 8.78 Å². The zero-order valence-corrected chi connectivity index (χ0v) is 19.1. The molecule has 0 N–H and O–H groups in total. The normalized spacial score (nSPS) is 19.5. The molecule has 1 atom stereocenters. The van der Waals surface area contributed by atoms with Crippen molar-refractivity contribution in [3.63, 3.8) is 0 Å². The van der Waals surface area contributed by atoms with Gasteiger partial charge in [0.1, 0.15) is 11.6 Å². The zero-order valence-electron chi connectivity index (χ0n) is 18.3. The second-order valence-electron chi connectivity index (χ2n) is 8.46. The van der Waals surface area contributed by atoms with Crippen LogP contribution in [0.2, 0.25) is 0 Å². The van der Waals surface area contributed by atoms with Crippen LogP contribution in [0.3, 0.4) is 0 Å². The van der Waals surface area contributed by atoms with Crippen LogP contribution < -0.4 is 4.90 Å². The van der Waals surface area contributed by atoms with E-state index in [-0.39, 0.29) is 23.9 Å². The Morgan fingerprint density at radius 2 is 1.73 bits per heavy atom. The highest BCUT2D eigenvalue weighted by atomic mass is 32.2. The highest BCUT2D eigenvalue weighted by Gasteiger charge is 2.59. The maximum atomic E-state index is 14.5. The summed E-state index contributed by atoms with van der Waals surface area (Å²) in [4.78, 5) is 29.5. The van der Waals surface area contributed by atoms with Gasteiger partial charge in [-0.1, -0.05) is 41.5 Å². The molecule has 1 unspecified atom stereocenters. The molecule has 2 amide bonds. The Bertz CT molecular complexity index is 1280. The predicted octanol–water partition coefficient (Wildman–Crippen LogP) is 5.17. The highest BCUT2D eigenvalue weighted by molar-refractivity contribution is 8.01. The quantitative estimate of drug-likeness (QED) is 0.537. The molecule has 3 aromatic rings. The average Bonchev–Trinajstić information content (AvgIpc) is 3.32. The van der Waals surface area contributed by atoms with Crippen LogP contribution in [0, 0.1) is 25.5 Å². The minimum absolute atomic E-state index is 0.0458. The lowest BCUT2D eigenvalue weighted by Gasteiger charge is -2.33. The van der Waals surface area contributed by atoms with Crippen molar-refractivity contribution >= 4 is 29.3 Å². The molecule has 2 aliphatic rings. The molecular formula is C26H22F2N2O2S. The van der Waals surface area contributed by atoms with Crippen molar-refractivity contribution in [2.24, 2.45) is 0 Å². The number of carbonyl (C=O) groups excluding carboxylic acids is 2. The fourth-order valence-corrected chi connectivity index (χ4v) is 6.01. The monoisotopic (exact) mass is 464 g/mol. The fraction of sp³-hybridized carbons (Fsp3) is 0.231. The van der Waals surface area contributed by atoms with Crippen LogP contribution >= 0.6 is 11.8 Å². The minimum Gasteiger partial charge on any atom is -0.311 e. The van der Waals surface area contributed by atoms with Crippen molar-refractivity contribution in [3.8, 4) is 0 Å². The summed E-state index contributed by atoms with van der Waals surface area (Å²) in [6, 6.07) is 16.3. The van der Waals surface area contributed by atoms with Gasteiger partial charge >= 0.3 is 0 Å². The van der Waals surface area contributed by atoms with E-state index in [0.717, 1.165) is 22.8 Å². The molecule has 0 radical (unpaired) electrons. The third kappa shape index (κ3) is 3.42. The molecule has 33 heavy (non-hydrogen) atoms. The third-order valence-electron chi connectivity index (χ3n) is 6.24. The molecule has 0 saturated carbocycles. The van der Waals surface area contributed by atoms with E-state index in [1.165, 1.54) is 28.8 Å². The van der Waals surface area contributed by atoms with E-state index < -0.39 is 16.5 Å². The number of amides is 2. The van der Waals surface area contributed by atoms with E-state index in [4.69, 9.17) is 0 Å². The first-order valence-corrected chi connectivity index (χ1v) is 11.7. The van der Waals surface area contributed by atoms with Gasteiger partial charge in [0.05, 0.1) is 12.2 Å². The van der Waals surface area contributed by atoms with Crippen LogP contribution in [-0.4, -0.2) is 29.0 Å². The SMILES string of the molecule is Cc1ccc(C(=O)N2CCSC23C(=O)N(Cc2ccc(F)cc2F)c2ccc(C)cc23)cc1. The Kier molecular flexibility index (Phi) is 5.24. The molecule has 0 aromatic heterocycles. The van der Waals surface area contributed by atoms with E-state index in [1.54, 1.807) is 17.0 Å². The van der Waals surface area contributed by atoms with Crippen LogP contribution in [0.4, 0.5) is 14.5 Å². The topological polar surface area (TPSA) is 40.6 Å². The lowest BCUT2D eigenvalue weighted by Crippen LogP contribution is -2.50. The number of anilines is 1. The molecule has 3 aromatic carbocycles. The first-order chi connectivity index (χ1) is 15.8. The minimum atomic E-state index is -1.21. The van der Waals surface area contributed by atoms with Gasteiger partial charge in [-0.2, -0.15) is 0 Å². The maximum Gasteiger partial charge on any atom is 0.268 e. The number of hydrogen-bond acceptors (Lipinski definition) is 3. The van der Waals surface area contributed by atoms with Crippen molar-refractivity contribution in [1.29, 1.82) is 0 Å². The van der Waals surface area contributed by atoms with E-state index in [1.807, 2.05) is 44.2 Å². The number of nitrogens with zero attached hydrogens (tertiary/aromatic N) is 2. The molecule has 4 nitrogen and oxygen atoms in total. The zero-order chi connectivity index (χ0) is 23.3. The van der Waals surface area contributed by atoms with Gasteiger partial charge in [0.25, 0.3) is 11.8 Å². The number of benzene rings is 3. The van der Waals surface area contributed by atoms with E-state index in [0.29, 0.717) is 23.5 Å². The molecule has 2 heterocycles. The molecule has 0 bridgehead atoms. The van der Waals surface area contributed by atoms with Gasteiger partial charge in [0.15, 0.2) is 4.87 Å². The van der Waals surface area contributed by atoms with Gasteiger partial charge in [-0.3, -0.25) is 9.59 Å². The standard InChI is InChI=1S/C26H22F2N2O2S/c1-16-3-6-18(7-4-16)24(31)30-11-12-33-26(30)21-13-17(2)5-10-23(21)29(25(26)32)15-19-8-9-20(27)14-22(19)28/h3-10,13-14H,11-12,15H2,1-2H3. The molecule has 1 spiro atoms. The summed E-state index contributed by atoms with van der Waals surface area (Å²) in [5.74, 6) is -1.26.